The highest BCUT2D eigenvalue weighted by molar-refractivity contribution is 14.0. The maximum atomic E-state index is 5.31. The van der Waals surface area contributed by atoms with E-state index in [2.05, 4.69) is 41.6 Å². The number of nitrogens with zero attached hydrogens (tertiary/aromatic N) is 1. The van der Waals surface area contributed by atoms with Crippen LogP contribution in [0.1, 0.15) is 26.3 Å². The zero-order chi connectivity index (χ0) is 16.4. The van der Waals surface area contributed by atoms with Crippen LogP contribution < -0.4 is 15.4 Å². The van der Waals surface area contributed by atoms with Gasteiger partial charge in [-0.15, -0.1) is 24.0 Å². The lowest BCUT2D eigenvalue weighted by molar-refractivity contribution is 0.152. The monoisotopic (exact) mass is 435 g/mol. The number of hydrogen-bond donors (Lipinski definition) is 2. The minimum Gasteiger partial charge on any atom is -0.497 e. The Hall–Kier alpha value is -1.02. The summed E-state index contributed by atoms with van der Waals surface area (Å²) in [5.41, 5.74) is 1.25. The van der Waals surface area contributed by atoms with Gasteiger partial charge in [0.2, 0.25) is 0 Å². The molecule has 0 fully saturated rings. The smallest absolute Gasteiger partial charge is 0.191 e. The van der Waals surface area contributed by atoms with Gasteiger partial charge in [0, 0.05) is 32.2 Å². The first-order valence-electron chi connectivity index (χ1n) is 7.70. The van der Waals surface area contributed by atoms with E-state index in [1.807, 2.05) is 19.1 Å². The largest absolute Gasteiger partial charge is 0.497 e. The van der Waals surface area contributed by atoms with Crippen LogP contribution in [0.3, 0.4) is 0 Å². The molecule has 0 atom stereocenters. The molecule has 1 rings (SSSR count). The van der Waals surface area contributed by atoms with Gasteiger partial charge in [0.25, 0.3) is 0 Å². The molecule has 2 N–H and O–H groups in total. The van der Waals surface area contributed by atoms with E-state index < -0.39 is 0 Å². The molecule has 0 aliphatic carbocycles. The maximum absolute atomic E-state index is 5.31. The lowest BCUT2D eigenvalue weighted by Gasteiger charge is -2.27. The molecule has 1 aromatic rings. The van der Waals surface area contributed by atoms with Crippen molar-refractivity contribution in [1.82, 2.24) is 10.6 Å². The average Bonchev–Trinajstić information content (AvgIpc) is 2.54. The average molecular weight is 435 g/mol. The van der Waals surface area contributed by atoms with E-state index in [0.717, 1.165) is 31.4 Å². The van der Waals surface area contributed by atoms with Crippen LogP contribution >= 0.6 is 24.0 Å². The summed E-state index contributed by atoms with van der Waals surface area (Å²) in [5, 5.41) is 6.61. The Bertz CT molecular complexity index is 461. The third-order valence-corrected chi connectivity index (χ3v) is 3.54. The Kier molecular flexibility index (Phi) is 11.0. The van der Waals surface area contributed by atoms with E-state index in [4.69, 9.17) is 9.47 Å². The molecule has 5 nitrogen and oxygen atoms in total. The molecule has 1 aromatic carbocycles. The zero-order valence-corrected chi connectivity index (χ0v) is 17.1. The molecule has 0 bridgehead atoms. The van der Waals surface area contributed by atoms with Gasteiger partial charge in [-0.25, -0.2) is 0 Å². The summed E-state index contributed by atoms with van der Waals surface area (Å²) in [4.78, 5) is 4.23. The van der Waals surface area contributed by atoms with E-state index in [9.17, 15) is 0 Å². The summed E-state index contributed by atoms with van der Waals surface area (Å²) < 4.78 is 10.5. The van der Waals surface area contributed by atoms with Gasteiger partial charge < -0.3 is 20.1 Å². The Labute approximate surface area is 157 Å². The van der Waals surface area contributed by atoms with Gasteiger partial charge in [-0.05, 0) is 24.6 Å². The van der Waals surface area contributed by atoms with Crippen molar-refractivity contribution in [3.63, 3.8) is 0 Å². The summed E-state index contributed by atoms with van der Waals surface area (Å²) in [6, 6.07) is 8.19. The van der Waals surface area contributed by atoms with Crippen LogP contribution in [0.5, 0.6) is 5.75 Å². The number of ether oxygens (including phenoxy) is 2. The third-order valence-electron chi connectivity index (χ3n) is 3.54. The minimum absolute atomic E-state index is 0. The molecule has 132 valence electrons. The number of halogens is 1. The molecule has 0 aromatic heterocycles. The van der Waals surface area contributed by atoms with Crippen molar-refractivity contribution in [2.75, 3.05) is 40.5 Å². The van der Waals surface area contributed by atoms with Crippen molar-refractivity contribution >= 4 is 29.9 Å². The Balaban J connectivity index is 0.00000484. The Morgan fingerprint density at radius 1 is 1.17 bits per heavy atom. The van der Waals surface area contributed by atoms with E-state index in [1.54, 1.807) is 14.2 Å². The van der Waals surface area contributed by atoms with Crippen LogP contribution in [-0.4, -0.2) is 46.4 Å². The lowest BCUT2D eigenvalue weighted by Crippen LogP contribution is -2.44. The van der Waals surface area contributed by atoms with Gasteiger partial charge in [0.05, 0.1) is 13.7 Å². The molecule has 0 saturated carbocycles. The molecule has 0 aliphatic rings. The van der Waals surface area contributed by atoms with Gasteiger partial charge in [-0.3, -0.25) is 4.99 Å². The highest BCUT2D eigenvalue weighted by atomic mass is 127. The topological polar surface area (TPSA) is 54.9 Å². The summed E-state index contributed by atoms with van der Waals surface area (Å²) in [5.74, 6) is 1.67. The van der Waals surface area contributed by atoms with Gasteiger partial charge in [0.1, 0.15) is 5.75 Å². The Morgan fingerprint density at radius 2 is 1.83 bits per heavy atom. The normalized spacial score (nSPS) is 11.6. The summed E-state index contributed by atoms with van der Waals surface area (Å²) in [6.07, 6.45) is 0. The van der Waals surface area contributed by atoms with Gasteiger partial charge in [-0.2, -0.15) is 0 Å². The first-order valence-corrected chi connectivity index (χ1v) is 7.70. The van der Waals surface area contributed by atoms with E-state index in [1.165, 1.54) is 5.56 Å². The summed E-state index contributed by atoms with van der Waals surface area (Å²) >= 11 is 0. The molecule has 23 heavy (non-hydrogen) atoms. The van der Waals surface area contributed by atoms with Crippen molar-refractivity contribution in [2.45, 2.75) is 26.2 Å². The van der Waals surface area contributed by atoms with Crippen LogP contribution in [-0.2, 0) is 10.2 Å². The molecule has 6 heteroatoms. The maximum Gasteiger partial charge on any atom is 0.191 e. The highest BCUT2D eigenvalue weighted by Crippen LogP contribution is 2.24. The second-order valence-corrected chi connectivity index (χ2v) is 5.66. The van der Waals surface area contributed by atoms with E-state index >= 15 is 0 Å². The molecular weight excluding hydrogens is 405 g/mol. The second kappa shape index (κ2) is 11.5. The quantitative estimate of drug-likeness (QED) is 0.286. The molecule has 0 aliphatic heterocycles. The van der Waals surface area contributed by atoms with Crippen LogP contribution in [0.4, 0.5) is 0 Å². The van der Waals surface area contributed by atoms with Crippen molar-refractivity contribution in [1.29, 1.82) is 0 Å². The number of methoxy groups -OCH3 is 1. The van der Waals surface area contributed by atoms with Crippen LogP contribution in [0.25, 0.3) is 0 Å². The van der Waals surface area contributed by atoms with Crippen LogP contribution in [0.2, 0.25) is 0 Å². The van der Waals surface area contributed by atoms with Gasteiger partial charge in [-0.1, -0.05) is 26.0 Å². The van der Waals surface area contributed by atoms with Gasteiger partial charge in [0.15, 0.2) is 5.96 Å². The molecule has 0 unspecified atom stereocenters. The summed E-state index contributed by atoms with van der Waals surface area (Å²) in [7, 11) is 3.45. The standard InChI is InChI=1S/C17H29N3O2.HI/c1-6-22-12-11-19-16(18-4)20-13-17(2,3)14-7-9-15(21-5)10-8-14;/h7-10H,6,11-13H2,1-5H3,(H2,18,19,20);1H. The zero-order valence-electron chi connectivity index (χ0n) is 14.8. The number of aliphatic imine (C=N–C) groups is 1. The van der Waals surface area contributed by atoms with E-state index in [-0.39, 0.29) is 29.4 Å². The fraction of sp³-hybridized carbons (Fsp3) is 0.588. The molecular formula is C17H30IN3O2. The van der Waals surface area contributed by atoms with Crippen LogP contribution in [0, 0.1) is 0 Å². The second-order valence-electron chi connectivity index (χ2n) is 5.66. The fourth-order valence-electron chi connectivity index (χ4n) is 2.06. The SMILES string of the molecule is CCOCCNC(=NC)NCC(C)(C)c1ccc(OC)cc1.I. The number of guanidine groups is 1. The first-order chi connectivity index (χ1) is 10.5. The number of nitrogens with one attached hydrogen (secondary N) is 2. The predicted octanol–water partition coefficient (Wildman–Crippen LogP) is 2.79. The molecule has 0 radical (unpaired) electrons. The van der Waals surface area contributed by atoms with Crippen molar-refractivity contribution < 1.29 is 9.47 Å². The number of hydrogen-bond acceptors (Lipinski definition) is 3. The highest BCUT2D eigenvalue weighted by Gasteiger charge is 2.20. The van der Waals surface area contributed by atoms with Crippen LogP contribution in [0.15, 0.2) is 29.3 Å². The van der Waals surface area contributed by atoms with Crippen molar-refractivity contribution in [2.24, 2.45) is 4.99 Å². The number of benzene rings is 1. The summed E-state index contributed by atoms with van der Waals surface area (Å²) in [6.45, 7) is 9.34. The van der Waals surface area contributed by atoms with E-state index in [0.29, 0.717) is 6.61 Å². The fourth-order valence-corrected chi connectivity index (χ4v) is 2.06. The molecule has 0 heterocycles. The first kappa shape index (κ1) is 22.0. The molecule has 0 saturated heterocycles. The molecule has 0 amide bonds. The van der Waals surface area contributed by atoms with Gasteiger partial charge >= 0.3 is 0 Å². The van der Waals surface area contributed by atoms with Crippen molar-refractivity contribution in [3.8, 4) is 5.75 Å². The lowest BCUT2D eigenvalue weighted by atomic mass is 9.84. The predicted molar refractivity (Wildman–Crippen MR) is 107 cm³/mol. The Morgan fingerprint density at radius 3 is 2.35 bits per heavy atom. The minimum atomic E-state index is -0.0101. The van der Waals surface area contributed by atoms with Crippen molar-refractivity contribution in [3.05, 3.63) is 29.8 Å². The number of rotatable bonds is 8. The molecule has 0 spiro atoms. The third kappa shape index (κ3) is 7.87.